The molecule has 0 aromatic heterocycles. The van der Waals surface area contributed by atoms with E-state index >= 15 is 0 Å². The van der Waals surface area contributed by atoms with Crippen molar-refractivity contribution >= 4 is 23.2 Å². The van der Waals surface area contributed by atoms with E-state index in [1.54, 1.807) is 25.3 Å². The van der Waals surface area contributed by atoms with Crippen molar-refractivity contribution in [1.82, 2.24) is 10.2 Å². The summed E-state index contributed by atoms with van der Waals surface area (Å²) in [5.74, 6) is 0.0614. The van der Waals surface area contributed by atoms with Crippen molar-refractivity contribution in [2.24, 2.45) is 0 Å². The minimum atomic E-state index is -0.701. The van der Waals surface area contributed by atoms with Crippen LogP contribution in [0.4, 0.5) is 11.4 Å². The summed E-state index contributed by atoms with van der Waals surface area (Å²) in [6.07, 6.45) is 0. The predicted octanol–water partition coefficient (Wildman–Crippen LogP) is 1.97. The van der Waals surface area contributed by atoms with Crippen LogP contribution in [-0.4, -0.2) is 69.7 Å². The van der Waals surface area contributed by atoms with E-state index in [0.717, 1.165) is 37.6 Å². The SMILES string of the molecule is CCOc1ccccc1NC(=O)C(=O)NCCN1CCN(c2ccccc2OC)CC1. The average Bonchev–Trinajstić information content (AvgIpc) is 2.81. The largest absolute Gasteiger partial charge is 0.495 e. The van der Waals surface area contributed by atoms with E-state index in [0.29, 0.717) is 31.1 Å². The molecule has 166 valence electrons. The van der Waals surface area contributed by atoms with Crippen LogP contribution in [0.1, 0.15) is 6.92 Å². The summed E-state index contributed by atoms with van der Waals surface area (Å²) in [5.41, 5.74) is 1.58. The van der Waals surface area contributed by atoms with Crippen LogP contribution in [0.3, 0.4) is 0 Å². The summed E-state index contributed by atoms with van der Waals surface area (Å²) in [6.45, 7) is 6.95. The molecule has 2 aromatic carbocycles. The molecular formula is C23H30N4O4. The van der Waals surface area contributed by atoms with Gasteiger partial charge >= 0.3 is 11.8 Å². The molecule has 0 spiro atoms. The minimum absolute atomic E-state index is 0.411. The number of ether oxygens (including phenoxy) is 2. The molecule has 1 fully saturated rings. The maximum atomic E-state index is 12.2. The molecule has 0 unspecified atom stereocenters. The van der Waals surface area contributed by atoms with Gasteiger partial charge in [0.25, 0.3) is 0 Å². The van der Waals surface area contributed by atoms with Crippen LogP contribution in [0.5, 0.6) is 11.5 Å². The number of piperazine rings is 1. The van der Waals surface area contributed by atoms with E-state index in [1.807, 2.05) is 31.2 Å². The third-order valence-electron chi connectivity index (χ3n) is 5.15. The number of rotatable bonds is 8. The summed E-state index contributed by atoms with van der Waals surface area (Å²) >= 11 is 0. The van der Waals surface area contributed by atoms with Gasteiger partial charge in [-0.2, -0.15) is 0 Å². The van der Waals surface area contributed by atoms with E-state index in [1.165, 1.54) is 0 Å². The zero-order chi connectivity index (χ0) is 22.1. The first-order chi connectivity index (χ1) is 15.1. The number of nitrogens with one attached hydrogen (secondary N) is 2. The normalized spacial score (nSPS) is 14.1. The maximum Gasteiger partial charge on any atom is 0.313 e. The Morgan fingerprint density at radius 3 is 2.32 bits per heavy atom. The van der Waals surface area contributed by atoms with E-state index in [4.69, 9.17) is 9.47 Å². The summed E-state index contributed by atoms with van der Waals surface area (Å²) in [4.78, 5) is 28.9. The Morgan fingerprint density at radius 2 is 1.61 bits per heavy atom. The number of carbonyl (C=O) groups excluding carboxylic acids is 2. The van der Waals surface area contributed by atoms with E-state index in [9.17, 15) is 9.59 Å². The van der Waals surface area contributed by atoms with Crippen molar-refractivity contribution < 1.29 is 19.1 Å². The lowest BCUT2D eigenvalue weighted by Gasteiger charge is -2.36. The highest BCUT2D eigenvalue weighted by atomic mass is 16.5. The number of carbonyl (C=O) groups is 2. The lowest BCUT2D eigenvalue weighted by atomic mass is 10.2. The number of nitrogens with zero attached hydrogens (tertiary/aromatic N) is 2. The van der Waals surface area contributed by atoms with Crippen LogP contribution in [0.25, 0.3) is 0 Å². The molecule has 1 saturated heterocycles. The maximum absolute atomic E-state index is 12.2. The lowest BCUT2D eigenvalue weighted by molar-refractivity contribution is -0.136. The van der Waals surface area contributed by atoms with Crippen molar-refractivity contribution in [1.29, 1.82) is 0 Å². The van der Waals surface area contributed by atoms with Crippen LogP contribution in [0.2, 0.25) is 0 Å². The van der Waals surface area contributed by atoms with Crippen LogP contribution in [0, 0.1) is 0 Å². The number of methoxy groups -OCH3 is 1. The molecule has 8 heteroatoms. The van der Waals surface area contributed by atoms with Crippen molar-refractivity contribution in [3.63, 3.8) is 0 Å². The molecule has 0 bridgehead atoms. The molecule has 1 aliphatic heterocycles. The van der Waals surface area contributed by atoms with Crippen LogP contribution >= 0.6 is 0 Å². The van der Waals surface area contributed by atoms with Gasteiger partial charge < -0.3 is 25.0 Å². The van der Waals surface area contributed by atoms with Gasteiger partial charge in [-0.25, -0.2) is 0 Å². The van der Waals surface area contributed by atoms with Crippen LogP contribution in [0.15, 0.2) is 48.5 Å². The Balaban J connectivity index is 1.41. The third-order valence-corrected chi connectivity index (χ3v) is 5.15. The minimum Gasteiger partial charge on any atom is -0.495 e. The van der Waals surface area contributed by atoms with E-state index in [2.05, 4.69) is 26.5 Å². The molecular weight excluding hydrogens is 396 g/mol. The van der Waals surface area contributed by atoms with Crippen molar-refractivity contribution in [2.45, 2.75) is 6.92 Å². The van der Waals surface area contributed by atoms with Crippen molar-refractivity contribution in [3.8, 4) is 11.5 Å². The van der Waals surface area contributed by atoms with Gasteiger partial charge in [0.2, 0.25) is 0 Å². The second-order valence-electron chi connectivity index (χ2n) is 7.14. The number of amides is 2. The Labute approximate surface area is 183 Å². The van der Waals surface area contributed by atoms with Gasteiger partial charge in [-0.3, -0.25) is 14.5 Å². The number of para-hydroxylation sites is 4. The van der Waals surface area contributed by atoms with Crippen LogP contribution < -0.4 is 25.0 Å². The van der Waals surface area contributed by atoms with Gasteiger partial charge in [0.1, 0.15) is 11.5 Å². The number of hydrogen-bond donors (Lipinski definition) is 2. The zero-order valence-corrected chi connectivity index (χ0v) is 18.1. The van der Waals surface area contributed by atoms with Crippen molar-refractivity contribution in [2.75, 3.05) is 63.2 Å². The Hall–Kier alpha value is -3.26. The zero-order valence-electron chi connectivity index (χ0n) is 18.1. The molecule has 0 aliphatic carbocycles. The Kier molecular flexibility index (Phi) is 8.12. The van der Waals surface area contributed by atoms with Gasteiger partial charge in [-0.05, 0) is 31.2 Å². The van der Waals surface area contributed by atoms with Gasteiger partial charge in [0, 0.05) is 39.3 Å². The Bertz CT molecular complexity index is 881. The molecule has 2 amide bonds. The smallest absolute Gasteiger partial charge is 0.313 e. The summed E-state index contributed by atoms with van der Waals surface area (Å²) < 4.78 is 10.9. The standard InChI is InChI=1S/C23H30N4O4/c1-3-31-20-10-6-4-8-18(20)25-23(29)22(28)24-12-13-26-14-16-27(17-15-26)19-9-5-7-11-21(19)30-2/h4-11H,3,12-17H2,1-2H3,(H,24,28)(H,25,29). The van der Waals surface area contributed by atoms with Crippen molar-refractivity contribution in [3.05, 3.63) is 48.5 Å². The number of hydrogen-bond acceptors (Lipinski definition) is 6. The lowest BCUT2D eigenvalue weighted by Crippen LogP contribution is -2.49. The second kappa shape index (κ2) is 11.2. The molecule has 3 rings (SSSR count). The molecule has 0 saturated carbocycles. The molecule has 8 nitrogen and oxygen atoms in total. The average molecular weight is 427 g/mol. The van der Waals surface area contributed by atoms with E-state index < -0.39 is 11.8 Å². The number of benzene rings is 2. The Morgan fingerprint density at radius 1 is 0.935 bits per heavy atom. The third kappa shape index (κ3) is 6.11. The van der Waals surface area contributed by atoms with Crippen LogP contribution in [-0.2, 0) is 9.59 Å². The monoisotopic (exact) mass is 426 g/mol. The predicted molar refractivity (Wildman–Crippen MR) is 121 cm³/mol. The molecule has 0 radical (unpaired) electrons. The highest BCUT2D eigenvalue weighted by Crippen LogP contribution is 2.28. The first-order valence-corrected chi connectivity index (χ1v) is 10.5. The fourth-order valence-electron chi connectivity index (χ4n) is 3.54. The quantitative estimate of drug-likeness (QED) is 0.628. The molecule has 1 heterocycles. The summed E-state index contributed by atoms with van der Waals surface area (Å²) in [6, 6.07) is 15.1. The fourth-order valence-corrected chi connectivity index (χ4v) is 3.54. The molecule has 31 heavy (non-hydrogen) atoms. The highest BCUT2D eigenvalue weighted by molar-refractivity contribution is 6.39. The second-order valence-corrected chi connectivity index (χ2v) is 7.14. The molecule has 0 atom stereocenters. The molecule has 2 N–H and O–H groups in total. The van der Waals surface area contributed by atoms with Gasteiger partial charge in [-0.15, -0.1) is 0 Å². The first-order valence-electron chi connectivity index (χ1n) is 10.5. The van der Waals surface area contributed by atoms with Gasteiger partial charge in [0.15, 0.2) is 0 Å². The highest BCUT2D eigenvalue weighted by Gasteiger charge is 2.20. The summed E-state index contributed by atoms with van der Waals surface area (Å²) in [5, 5.41) is 5.31. The summed E-state index contributed by atoms with van der Waals surface area (Å²) in [7, 11) is 1.68. The molecule has 1 aliphatic rings. The topological polar surface area (TPSA) is 83.1 Å². The number of anilines is 2. The van der Waals surface area contributed by atoms with Gasteiger partial charge in [0.05, 0.1) is 25.1 Å². The first kappa shape index (κ1) is 22.4. The van der Waals surface area contributed by atoms with Gasteiger partial charge in [-0.1, -0.05) is 24.3 Å². The molecule has 2 aromatic rings. The fraction of sp³-hybridized carbons (Fsp3) is 0.391. The van der Waals surface area contributed by atoms with E-state index in [-0.39, 0.29) is 0 Å².